The molecule has 6 nitrogen and oxygen atoms in total. The van der Waals surface area contributed by atoms with Crippen LogP contribution in [0.15, 0.2) is 30.4 Å². The molecule has 2 amide bonds. The van der Waals surface area contributed by atoms with Crippen LogP contribution in [0.5, 0.6) is 5.75 Å². The summed E-state index contributed by atoms with van der Waals surface area (Å²) in [6, 6.07) is 4.21. The molecule has 2 aliphatic rings. The van der Waals surface area contributed by atoms with Gasteiger partial charge in [-0.05, 0) is 31.9 Å². The van der Waals surface area contributed by atoms with Crippen LogP contribution in [0, 0.1) is 0 Å². The molecule has 1 saturated carbocycles. The van der Waals surface area contributed by atoms with Crippen molar-refractivity contribution in [2.45, 2.75) is 32.2 Å². The lowest BCUT2D eigenvalue weighted by Gasteiger charge is -2.29. The van der Waals surface area contributed by atoms with Crippen molar-refractivity contribution in [2.75, 3.05) is 19.8 Å². The van der Waals surface area contributed by atoms with Gasteiger partial charge in [-0.2, -0.15) is 0 Å². The second-order valence-corrected chi connectivity index (χ2v) is 6.15. The number of amides is 2. The number of hydrogen-bond donors (Lipinski definition) is 0. The maximum atomic E-state index is 12.9. The number of rotatable bonds is 6. The summed E-state index contributed by atoms with van der Waals surface area (Å²) in [6.07, 6.45) is 1.29. The van der Waals surface area contributed by atoms with Crippen molar-refractivity contribution < 1.29 is 23.9 Å². The summed E-state index contributed by atoms with van der Waals surface area (Å²) in [5.74, 6) is -0.672. The van der Waals surface area contributed by atoms with Crippen molar-refractivity contribution in [3.8, 4) is 5.75 Å². The number of benzene rings is 1. The number of fused-ring (bicyclic) bond motifs is 1. The monoisotopic (exact) mass is 343 g/mol. The van der Waals surface area contributed by atoms with E-state index < -0.39 is 17.9 Å². The van der Waals surface area contributed by atoms with Crippen molar-refractivity contribution >= 4 is 17.6 Å². The standard InChI is InChI=1S/C19H21NO5/c1-3-24-9-10-25-16-6-4-5-13-17(16)19(23)20(18(13)22)14-8-7-12(2)11-15(14)21/h4-6,14H,2-3,7-11H2,1H3. The highest BCUT2D eigenvalue weighted by Crippen LogP contribution is 2.35. The number of Topliss-reactive ketones (excluding diaryl/α,β-unsaturated/α-hetero) is 1. The van der Waals surface area contributed by atoms with Crippen molar-refractivity contribution in [2.24, 2.45) is 0 Å². The number of carbonyl (C=O) groups is 3. The maximum Gasteiger partial charge on any atom is 0.266 e. The molecule has 1 heterocycles. The van der Waals surface area contributed by atoms with Gasteiger partial charge >= 0.3 is 0 Å². The number of ketones is 1. The van der Waals surface area contributed by atoms with Crippen LogP contribution in [-0.2, 0) is 9.53 Å². The molecule has 25 heavy (non-hydrogen) atoms. The molecule has 1 aliphatic heterocycles. The molecule has 0 spiro atoms. The molecule has 0 saturated heterocycles. The van der Waals surface area contributed by atoms with Gasteiger partial charge in [0.1, 0.15) is 12.4 Å². The Morgan fingerprint density at radius 2 is 2.00 bits per heavy atom. The molecule has 0 radical (unpaired) electrons. The van der Waals surface area contributed by atoms with Crippen molar-refractivity contribution in [3.63, 3.8) is 0 Å². The van der Waals surface area contributed by atoms with E-state index in [0.717, 1.165) is 10.5 Å². The van der Waals surface area contributed by atoms with Gasteiger partial charge in [-0.15, -0.1) is 0 Å². The zero-order valence-corrected chi connectivity index (χ0v) is 14.2. The van der Waals surface area contributed by atoms with Crippen molar-refractivity contribution in [3.05, 3.63) is 41.5 Å². The Bertz CT molecular complexity index is 739. The van der Waals surface area contributed by atoms with Gasteiger partial charge in [-0.25, -0.2) is 0 Å². The molecule has 1 atom stereocenters. The first-order chi connectivity index (χ1) is 12.0. The van der Waals surface area contributed by atoms with Gasteiger partial charge in [0.2, 0.25) is 0 Å². The van der Waals surface area contributed by atoms with Crippen LogP contribution < -0.4 is 4.74 Å². The summed E-state index contributed by atoms with van der Waals surface area (Å²) in [5.41, 5.74) is 1.37. The molecule has 1 fully saturated rings. The maximum absolute atomic E-state index is 12.9. The van der Waals surface area contributed by atoms with Crippen LogP contribution in [0.1, 0.15) is 46.9 Å². The Hall–Kier alpha value is -2.47. The van der Waals surface area contributed by atoms with Crippen LogP contribution in [0.25, 0.3) is 0 Å². The number of hydrogen-bond acceptors (Lipinski definition) is 5. The zero-order valence-electron chi connectivity index (χ0n) is 14.2. The summed E-state index contributed by atoms with van der Waals surface area (Å²) >= 11 is 0. The van der Waals surface area contributed by atoms with E-state index in [-0.39, 0.29) is 29.9 Å². The molecule has 1 aromatic carbocycles. The van der Waals surface area contributed by atoms with E-state index in [2.05, 4.69) is 6.58 Å². The SMILES string of the molecule is C=C1CCC(N2C(=O)c3cccc(OCCOCC)c3C2=O)C(=O)C1. The van der Waals surface area contributed by atoms with Gasteiger partial charge in [0.15, 0.2) is 5.78 Å². The zero-order chi connectivity index (χ0) is 18.0. The van der Waals surface area contributed by atoms with Crippen LogP contribution in [0.2, 0.25) is 0 Å². The lowest BCUT2D eigenvalue weighted by Crippen LogP contribution is -2.46. The molecule has 3 rings (SSSR count). The minimum atomic E-state index is -0.714. The van der Waals surface area contributed by atoms with E-state index in [4.69, 9.17) is 9.47 Å². The first-order valence-corrected chi connectivity index (χ1v) is 8.45. The lowest BCUT2D eigenvalue weighted by atomic mass is 9.89. The Balaban J connectivity index is 1.84. The van der Waals surface area contributed by atoms with E-state index in [1.807, 2.05) is 6.92 Å². The minimum absolute atomic E-state index is 0.135. The number of allylic oxidation sites excluding steroid dienone is 1. The van der Waals surface area contributed by atoms with Gasteiger partial charge in [-0.1, -0.05) is 18.2 Å². The van der Waals surface area contributed by atoms with Gasteiger partial charge in [0.25, 0.3) is 11.8 Å². The van der Waals surface area contributed by atoms with E-state index in [0.29, 0.717) is 31.8 Å². The van der Waals surface area contributed by atoms with Crippen LogP contribution in [0.3, 0.4) is 0 Å². The Morgan fingerprint density at radius 3 is 2.72 bits per heavy atom. The first-order valence-electron chi connectivity index (χ1n) is 8.45. The van der Waals surface area contributed by atoms with Crippen LogP contribution in [0.4, 0.5) is 0 Å². The molecule has 0 bridgehead atoms. The highest BCUT2D eigenvalue weighted by atomic mass is 16.5. The molecule has 6 heteroatoms. The Labute approximate surface area is 146 Å². The molecular weight excluding hydrogens is 322 g/mol. The third-order valence-corrected chi connectivity index (χ3v) is 4.48. The summed E-state index contributed by atoms with van der Waals surface area (Å²) in [5, 5.41) is 0. The molecule has 1 aromatic rings. The number of ether oxygens (including phenoxy) is 2. The fraction of sp³-hybridized carbons (Fsp3) is 0.421. The first kappa shape index (κ1) is 17.4. The van der Waals surface area contributed by atoms with Crippen LogP contribution >= 0.6 is 0 Å². The van der Waals surface area contributed by atoms with Crippen LogP contribution in [-0.4, -0.2) is 48.4 Å². The topological polar surface area (TPSA) is 72.9 Å². The van der Waals surface area contributed by atoms with E-state index in [1.54, 1.807) is 18.2 Å². The summed E-state index contributed by atoms with van der Waals surface area (Å²) in [4.78, 5) is 39.0. The largest absolute Gasteiger partial charge is 0.490 e. The highest BCUT2D eigenvalue weighted by Gasteiger charge is 2.45. The predicted molar refractivity (Wildman–Crippen MR) is 90.7 cm³/mol. The van der Waals surface area contributed by atoms with E-state index in [1.165, 1.54) is 0 Å². The molecule has 1 unspecified atom stereocenters. The van der Waals surface area contributed by atoms with Crippen molar-refractivity contribution in [1.82, 2.24) is 4.90 Å². The lowest BCUT2D eigenvalue weighted by molar-refractivity contribution is -0.123. The average Bonchev–Trinajstić information content (AvgIpc) is 2.84. The number of imide groups is 1. The normalized spacial score (nSPS) is 20.2. The van der Waals surface area contributed by atoms with E-state index >= 15 is 0 Å². The molecule has 0 N–H and O–H groups in total. The third kappa shape index (κ3) is 3.22. The summed E-state index contributed by atoms with van der Waals surface area (Å²) in [6.45, 7) is 6.97. The second-order valence-electron chi connectivity index (χ2n) is 6.15. The Kier molecular flexibility index (Phi) is 4.99. The summed E-state index contributed by atoms with van der Waals surface area (Å²) in [7, 11) is 0. The summed E-state index contributed by atoms with van der Waals surface area (Å²) < 4.78 is 10.8. The second kappa shape index (κ2) is 7.19. The minimum Gasteiger partial charge on any atom is -0.490 e. The third-order valence-electron chi connectivity index (χ3n) is 4.48. The van der Waals surface area contributed by atoms with Crippen molar-refractivity contribution in [1.29, 1.82) is 0 Å². The molecule has 0 aromatic heterocycles. The average molecular weight is 343 g/mol. The number of carbonyl (C=O) groups excluding carboxylic acids is 3. The highest BCUT2D eigenvalue weighted by molar-refractivity contribution is 6.24. The van der Waals surface area contributed by atoms with Gasteiger partial charge < -0.3 is 9.47 Å². The van der Waals surface area contributed by atoms with Gasteiger partial charge in [0.05, 0.1) is 23.8 Å². The predicted octanol–water partition coefficient (Wildman–Crippen LogP) is 2.38. The quantitative estimate of drug-likeness (QED) is 0.450. The number of nitrogens with zero attached hydrogens (tertiary/aromatic N) is 1. The molecule has 132 valence electrons. The Morgan fingerprint density at radius 1 is 1.20 bits per heavy atom. The molecule has 1 aliphatic carbocycles. The fourth-order valence-electron chi connectivity index (χ4n) is 3.26. The molecular formula is C19H21NO5. The fourth-order valence-corrected chi connectivity index (χ4v) is 3.26. The van der Waals surface area contributed by atoms with Gasteiger partial charge in [0, 0.05) is 13.0 Å². The van der Waals surface area contributed by atoms with E-state index in [9.17, 15) is 14.4 Å². The van der Waals surface area contributed by atoms with Gasteiger partial charge in [-0.3, -0.25) is 19.3 Å². The smallest absolute Gasteiger partial charge is 0.266 e.